The minimum Gasteiger partial charge on any atom is -0.397 e. The number of nitriles is 1. The van der Waals surface area contributed by atoms with Crippen molar-refractivity contribution < 1.29 is 4.79 Å². The van der Waals surface area contributed by atoms with Gasteiger partial charge in [0.1, 0.15) is 11.8 Å². The van der Waals surface area contributed by atoms with Gasteiger partial charge >= 0.3 is 0 Å². The monoisotopic (exact) mass is 252 g/mol. The largest absolute Gasteiger partial charge is 0.397 e. The van der Waals surface area contributed by atoms with E-state index in [2.05, 4.69) is 10.3 Å². The second-order valence-corrected chi connectivity index (χ2v) is 4.04. The number of para-hydroxylation sites is 1. The molecule has 0 aliphatic carbocycles. The molecule has 5 nitrogen and oxygen atoms in total. The van der Waals surface area contributed by atoms with E-state index >= 15 is 0 Å². The Balaban J connectivity index is 2.23. The number of hydrogen-bond donors (Lipinski definition) is 2. The van der Waals surface area contributed by atoms with Crippen LogP contribution in [0.4, 0.5) is 11.4 Å². The molecule has 1 heterocycles. The predicted molar refractivity (Wildman–Crippen MR) is 72.5 cm³/mol. The first-order chi connectivity index (χ1) is 9.11. The molecule has 0 fully saturated rings. The van der Waals surface area contributed by atoms with Crippen molar-refractivity contribution in [2.45, 2.75) is 6.92 Å². The molecule has 2 rings (SSSR count). The van der Waals surface area contributed by atoms with Crippen LogP contribution in [0.25, 0.3) is 0 Å². The Hall–Kier alpha value is -2.87. The number of nitrogens with two attached hydrogens (primary N) is 1. The average Bonchev–Trinajstić information content (AvgIpc) is 2.43. The number of amides is 1. The van der Waals surface area contributed by atoms with E-state index < -0.39 is 0 Å². The lowest BCUT2D eigenvalue weighted by atomic mass is 10.1. The first kappa shape index (κ1) is 12.6. The fraction of sp³-hybridized carbons (Fsp3) is 0.0714. The third kappa shape index (κ3) is 2.69. The van der Waals surface area contributed by atoms with Gasteiger partial charge in [-0.25, -0.2) is 4.98 Å². The number of anilines is 2. The molecule has 0 saturated heterocycles. The van der Waals surface area contributed by atoms with Crippen LogP contribution in [0.1, 0.15) is 21.6 Å². The Kier molecular flexibility index (Phi) is 3.44. The number of nitrogens with zero attached hydrogens (tertiary/aromatic N) is 2. The normalized spacial score (nSPS) is 9.68. The van der Waals surface area contributed by atoms with E-state index in [0.29, 0.717) is 16.9 Å². The van der Waals surface area contributed by atoms with Crippen molar-refractivity contribution in [3.63, 3.8) is 0 Å². The molecule has 1 amide bonds. The molecule has 0 bridgehead atoms. The highest BCUT2D eigenvalue weighted by molar-refractivity contribution is 6.05. The van der Waals surface area contributed by atoms with Crippen LogP contribution in [0.15, 0.2) is 36.5 Å². The molecular weight excluding hydrogens is 240 g/mol. The average molecular weight is 252 g/mol. The Labute approximate surface area is 110 Å². The maximum absolute atomic E-state index is 12.0. The first-order valence-electron chi connectivity index (χ1n) is 5.64. The molecule has 0 saturated carbocycles. The van der Waals surface area contributed by atoms with E-state index in [4.69, 9.17) is 11.0 Å². The van der Waals surface area contributed by atoms with Crippen molar-refractivity contribution in [2.24, 2.45) is 0 Å². The van der Waals surface area contributed by atoms with Gasteiger partial charge in [-0.1, -0.05) is 12.1 Å². The molecular formula is C14H12N4O. The van der Waals surface area contributed by atoms with E-state index in [0.717, 1.165) is 5.56 Å². The fourth-order valence-corrected chi connectivity index (χ4v) is 1.63. The van der Waals surface area contributed by atoms with Gasteiger partial charge in [0.15, 0.2) is 0 Å². The highest BCUT2D eigenvalue weighted by Gasteiger charge is 2.11. The van der Waals surface area contributed by atoms with Crippen molar-refractivity contribution in [3.05, 3.63) is 53.3 Å². The molecule has 0 atom stereocenters. The van der Waals surface area contributed by atoms with Crippen LogP contribution in [0.5, 0.6) is 0 Å². The Bertz CT molecular complexity index is 636. The second kappa shape index (κ2) is 5.19. The number of benzene rings is 1. The van der Waals surface area contributed by atoms with Gasteiger partial charge in [0.25, 0.3) is 5.91 Å². The predicted octanol–water partition coefficient (Wildman–Crippen LogP) is 2.10. The quantitative estimate of drug-likeness (QED) is 0.800. The molecule has 2 aromatic rings. The topological polar surface area (TPSA) is 91.8 Å². The third-order valence-corrected chi connectivity index (χ3v) is 2.67. The van der Waals surface area contributed by atoms with Crippen LogP contribution in [0, 0.1) is 18.3 Å². The highest BCUT2D eigenvalue weighted by atomic mass is 16.1. The Morgan fingerprint density at radius 1 is 1.37 bits per heavy atom. The van der Waals surface area contributed by atoms with Crippen LogP contribution >= 0.6 is 0 Å². The molecule has 3 N–H and O–H groups in total. The van der Waals surface area contributed by atoms with Gasteiger partial charge in [-0.05, 0) is 30.7 Å². The number of aromatic nitrogens is 1. The zero-order valence-corrected chi connectivity index (χ0v) is 10.3. The van der Waals surface area contributed by atoms with E-state index in [-0.39, 0.29) is 11.6 Å². The van der Waals surface area contributed by atoms with Crippen molar-refractivity contribution in [3.8, 4) is 6.07 Å². The molecule has 1 aromatic carbocycles. The second-order valence-electron chi connectivity index (χ2n) is 4.04. The molecule has 0 aliphatic heterocycles. The Morgan fingerprint density at radius 3 is 2.74 bits per heavy atom. The minimum absolute atomic E-state index is 0.238. The van der Waals surface area contributed by atoms with Crippen LogP contribution in [0.3, 0.4) is 0 Å². The summed E-state index contributed by atoms with van der Waals surface area (Å²) < 4.78 is 0. The summed E-state index contributed by atoms with van der Waals surface area (Å²) in [7, 11) is 0. The van der Waals surface area contributed by atoms with Crippen molar-refractivity contribution in [2.75, 3.05) is 11.1 Å². The number of carbonyl (C=O) groups excluding carboxylic acids is 1. The van der Waals surface area contributed by atoms with Crippen LogP contribution in [-0.4, -0.2) is 10.9 Å². The van der Waals surface area contributed by atoms with Crippen LogP contribution in [0.2, 0.25) is 0 Å². The molecule has 5 heteroatoms. The minimum atomic E-state index is -0.356. The number of nitrogens with one attached hydrogen (secondary N) is 1. The lowest BCUT2D eigenvalue weighted by Crippen LogP contribution is -2.15. The van der Waals surface area contributed by atoms with E-state index in [1.807, 2.05) is 25.1 Å². The third-order valence-electron chi connectivity index (χ3n) is 2.67. The Morgan fingerprint density at radius 2 is 2.16 bits per heavy atom. The molecule has 19 heavy (non-hydrogen) atoms. The molecule has 1 aromatic heterocycles. The number of rotatable bonds is 2. The van der Waals surface area contributed by atoms with E-state index in [1.165, 1.54) is 12.3 Å². The van der Waals surface area contributed by atoms with Crippen LogP contribution < -0.4 is 11.1 Å². The standard InChI is InChI=1S/C14H12N4O/c1-9-3-2-4-11(16)13(9)18-14(19)12-6-5-10(7-15)8-17-12/h2-6,8H,16H2,1H3,(H,18,19). The summed E-state index contributed by atoms with van der Waals surface area (Å²) in [6.45, 7) is 1.86. The van der Waals surface area contributed by atoms with Crippen molar-refractivity contribution in [1.82, 2.24) is 4.98 Å². The molecule has 0 aliphatic rings. The van der Waals surface area contributed by atoms with Gasteiger partial charge in [-0.15, -0.1) is 0 Å². The van der Waals surface area contributed by atoms with Gasteiger partial charge in [0, 0.05) is 6.20 Å². The lowest BCUT2D eigenvalue weighted by Gasteiger charge is -2.10. The summed E-state index contributed by atoms with van der Waals surface area (Å²) in [5, 5.41) is 11.4. The maximum Gasteiger partial charge on any atom is 0.274 e. The molecule has 0 radical (unpaired) electrons. The number of carbonyl (C=O) groups is 1. The first-order valence-corrected chi connectivity index (χ1v) is 5.64. The summed E-state index contributed by atoms with van der Waals surface area (Å²) in [4.78, 5) is 15.9. The summed E-state index contributed by atoms with van der Waals surface area (Å²) in [6, 6.07) is 10.4. The number of nitrogen functional groups attached to an aromatic ring is 1. The van der Waals surface area contributed by atoms with Crippen LogP contribution in [-0.2, 0) is 0 Å². The van der Waals surface area contributed by atoms with E-state index in [1.54, 1.807) is 12.1 Å². The summed E-state index contributed by atoms with van der Waals surface area (Å²) in [5.41, 5.74) is 8.42. The molecule has 0 unspecified atom stereocenters. The smallest absolute Gasteiger partial charge is 0.274 e. The molecule has 94 valence electrons. The van der Waals surface area contributed by atoms with Crippen molar-refractivity contribution in [1.29, 1.82) is 5.26 Å². The maximum atomic E-state index is 12.0. The number of aryl methyl sites for hydroxylation is 1. The van der Waals surface area contributed by atoms with Crippen molar-refractivity contribution >= 4 is 17.3 Å². The summed E-state index contributed by atoms with van der Waals surface area (Å²) in [6.07, 6.45) is 1.36. The molecule has 0 spiro atoms. The summed E-state index contributed by atoms with van der Waals surface area (Å²) in [5.74, 6) is -0.356. The van der Waals surface area contributed by atoms with Gasteiger partial charge in [0.05, 0.1) is 16.9 Å². The lowest BCUT2D eigenvalue weighted by molar-refractivity contribution is 0.102. The fourth-order valence-electron chi connectivity index (χ4n) is 1.63. The zero-order valence-electron chi connectivity index (χ0n) is 10.3. The number of pyridine rings is 1. The summed E-state index contributed by atoms with van der Waals surface area (Å²) >= 11 is 0. The van der Waals surface area contributed by atoms with Gasteiger partial charge in [-0.2, -0.15) is 5.26 Å². The zero-order chi connectivity index (χ0) is 13.8. The number of hydrogen-bond acceptors (Lipinski definition) is 4. The van der Waals surface area contributed by atoms with E-state index in [9.17, 15) is 4.79 Å². The van der Waals surface area contributed by atoms with Gasteiger partial charge < -0.3 is 11.1 Å². The van der Waals surface area contributed by atoms with Gasteiger partial charge in [0.2, 0.25) is 0 Å². The highest BCUT2D eigenvalue weighted by Crippen LogP contribution is 2.22. The van der Waals surface area contributed by atoms with Gasteiger partial charge in [-0.3, -0.25) is 4.79 Å². The SMILES string of the molecule is Cc1cccc(N)c1NC(=O)c1ccc(C#N)cn1.